The normalized spacial score (nSPS) is 32.9. The van der Waals surface area contributed by atoms with Crippen molar-refractivity contribution in [2.45, 2.75) is 20.0 Å². The molecule has 0 radical (unpaired) electrons. The van der Waals surface area contributed by atoms with E-state index in [0.29, 0.717) is 0 Å². The minimum absolute atomic E-state index is 0.0162. The lowest BCUT2D eigenvalue weighted by molar-refractivity contribution is -0.177. The van der Waals surface area contributed by atoms with Crippen LogP contribution in [0.4, 0.5) is 0 Å². The van der Waals surface area contributed by atoms with Crippen molar-refractivity contribution in [2.24, 2.45) is 5.92 Å². The number of rotatable bonds is 1. The molecular weight excluding hydrogens is 116 g/mol. The van der Waals surface area contributed by atoms with Crippen molar-refractivity contribution in [3.05, 3.63) is 12.2 Å². The summed E-state index contributed by atoms with van der Waals surface area (Å²) in [6.45, 7) is 7.41. The smallest absolute Gasteiger partial charge is 0.313 e. The van der Waals surface area contributed by atoms with Crippen LogP contribution in [0.15, 0.2) is 12.2 Å². The Hall–Kier alpha value is -0.790. The molecule has 0 amide bonds. The van der Waals surface area contributed by atoms with E-state index in [9.17, 15) is 4.79 Å². The highest BCUT2D eigenvalue weighted by molar-refractivity contribution is 5.79. The molecule has 0 aromatic carbocycles. The molecule has 0 spiro atoms. The minimum Gasteiger partial charge on any atom is -0.457 e. The summed E-state index contributed by atoms with van der Waals surface area (Å²) in [5, 5.41) is 0. The lowest BCUT2D eigenvalue weighted by Gasteiger charge is -2.32. The molecule has 0 N–H and O–H groups in total. The first kappa shape index (κ1) is 6.33. The predicted octanol–water partition coefficient (Wildman–Crippen LogP) is 1.12. The number of carbonyl (C=O) groups is 1. The van der Waals surface area contributed by atoms with Gasteiger partial charge in [-0.05, 0) is 19.4 Å². The summed E-state index contributed by atoms with van der Waals surface area (Å²) in [6, 6.07) is 0. The van der Waals surface area contributed by atoms with E-state index in [2.05, 4.69) is 6.58 Å². The highest BCUT2D eigenvalue weighted by atomic mass is 16.6. The molecule has 0 bridgehead atoms. The van der Waals surface area contributed by atoms with Gasteiger partial charge < -0.3 is 4.74 Å². The van der Waals surface area contributed by atoms with Gasteiger partial charge in [-0.3, -0.25) is 4.79 Å². The van der Waals surface area contributed by atoms with Gasteiger partial charge in [0.1, 0.15) is 6.10 Å². The van der Waals surface area contributed by atoms with Crippen LogP contribution in [0.3, 0.4) is 0 Å². The predicted molar refractivity (Wildman–Crippen MR) is 33.9 cm³/mol. The summed E-state index contributed by atoms with van der Waals surface area (Å²) in [7, 11) is 0. The average molecular weight is 126 g/mol. The molecule has 0 unspecified atom stereocenters. The standard InChI is InChI=1S/C7H10O2/c1-4(2)6-5(3)7(8)9-6/h5-6H,1H2,2-3H3/t5-,6+/m1/s1. The topological polar surface area (TPSA) is 26.3 Å². The SMILES string of the molecule is C=C(C)[C@@H]1OC(=O)[C@@H]1C. The quantitative estimate of drug-likeness (QED) is 0.389. The number of carbonyl (C=O) groups excluding carboxylic acids is 1. The first-order chi connectivity index (χ1) is 4.13. The fraction of sp³-hybridized carbons (Fsp3) is 0.571. The lowest BCUT2D eigenvalue weighted by Crippen LogP contribution is -2.43. The van der Waals surface area contributed by atoms with Crippen LogP contribution in [-0.4, -0.2) is 12.1 Å². The molecule has 0 aromatic heterocycles. The minimum atomic E-state index is -0.108. The zero-order valence-corrected chi connectivity index (χ0v) is 5.68. The second-order valence-corrected chi connectivity index (χ2v) is 2.49. The Morgan fingerprint density at radius 1 is 1.78 bits per heavy atom. The second kappa shape index (κ2) is 1.87. The van der Waals surface area contributed by atoms with Crippen LogP contribution in [0, 0.1) is 5.92 Å². The Morgan fingerprint density at radius 2 is 2.33 bits per heavy atom. The maximum absolute atomic E-state index is 10.5. The summed E-state index contributed by atoms with van der Waals surface area (Å²) in [5.41, 5.74) is 0.933. The Labute approximate surface area is 54.5 Å². The van der Waals surface area contributed by atoms with Gasteiger partial charge in [0, 0.05) is 0 Å². The molecule has 1 heterocycles. The highest BCUT2D eigenvalue weighted by Crippen LogP contribution is 2.26. The fourth-order valence-electron chi connectivity index (χ4n) is 0.913. The third-order valence-electron chi connectivity index (χ3n) is 1.55. The number of hydrogen-bond acceptors (Lipinski definition) is 2. The Balaban J connectivity index is 2.51. The molecule has 1 aliphatic rings. The van der Waals surface area contributed by atoms with E-state index in [-0.39, 0.29) is 18.0 Å². The van der Waals surface area contributed by atoms with Crippen LogP contribution in [0.1, 0.15) is 13.8 Å². The summed E-state index contributed by atoms with van der Waals surface area (Å²) < 4.78 is 4.77. The lowest BCUT2D eigenvalue weighted by atomic mass is 9.94. The molecule has 9 heavy (non-hydrogen) atoms. The molecule has 1 fully saturated rings. The zero-order valence-electron chi connectivity index (χ0n) is 5.68. The molecule has 0 saturated carbocycles. The second-order valence-electron chi connectivity index (χ2n) is 2.49. The van der Waals surface area contributed by atoms with E-state index in [1.165, 1.54) is 0 Å². The van der Waals surface area contributed by atoms with E-state index < -0.39 is 0 Å². The van der Waals surface area contributed by atoms with Gasteiger partial charge in [0.15, 0.2) is 0 Å². The maximum atomic E-state index is 10.5. The highest BCUT2D eigenvalue weighted by Gasteiger charge is 2.38. The number of cyclic esters (lactones) is 1. The number of esters is 1. The van der Waals surface area contributed by atoms with Crippen LogP contribution in [0.5, 0.6) is 0 Å². The van der Waals surface area contributed by atoms with Crippen molar-refractivity contribution in [3.63, 3.8) is 0 Å². The van der Waals surface area contributed by atoms with Crippen molar-refractivity contribution < 1.29 is 9.53 Å². The molecular formula is C7H10O2. The van der Waals surface area contributed by atoms with Crippen LogP contribution in [0.25, 0.3) is 0 Å². The van der Waals surface area contributed by atoms with Crippen LogP contribution in [-0.2, 0) is 9.53 Å². The Kier molecular flexibility index (Phi) is 1.31. The van der Waals surface area contributed by atoms with Crippen molar-refractivity contribution in [1.29, 1.82) is 0 Å². The van der Waals surface area contributed by atoms with Crippen LogP contribution < -0.4 is 0 Å². The molecule has 2 heteroatoms. The molecule has 1 rings (SSSR count). The number of ether oxygens (including phenoxy) is 1. The monoisotopic (exact) mass is 126 g/mol. The van der Waals surface area contributed by atoms with Crippen molar-refractivity contribution >= 4 is 5.97 Å². The van der Waals surface area contributed by atoms with Crippen molar-refractivity contribution in [3.8, 4) is 0 Å². The summed E-state index contributed by atoms with van der Waals surface area (Å²) in [6.07, 6.45) is -0.0162. The number of hydrogen-bond donors (Lipinski definition) is 0. The first-order valence-electron chi connectivity index (χ1n) is 2.99. The van der Waals surface area contributed by atoms with E-state index in [0.717, 1.165) is 5.57 Å². The van der Waals surface area contributed by atoms with Gasteiger partial charge in [-0.15, -0.1) is 0 Å². The van der Waals surface area contributed by atoms with E-state index >= 15 is 0 Å². The van der Waals surface area contributed by atoms with Gasteiger partial charge in [0.05, 0.1) is 5.92 Å². The largest absolute Gasteiger partial charge is 0.457 e. The van der Waals surface area contributed by atoms with Gasteiger partial charge in [-0.25, -0.2) is 0 Å². The van der Waals surface area contributed by atoms with Crippen molar-refractivity contribution in [2.75, 3.05) is 0 Å². The molecule has 2 atom stereocenters. The molecule has 2 nitrogen and oxygen atoms in total. The van der Waals surface area contributed by atoms with Gasteiger partial charge in [-0.2, -0.15) is 0 Å². The van der Waals surface area contributed by atoms with Gasteiger partial charge in [-0.1, -0.05) is 6.58 Å². The van der Waals surface area contributed by atoms with E-state index in [4.69, 9.17) is 4.74 Å². The molecule has 1 aliphatic heterocycles. The molecule has 1 saturated heterocycles. The summed E-state index contributed by atoms with van der Waals surface area (Å²) in [4.78, 5) is 10.5. The van der Waals surface area contributed by atoms with Gasteiger partial charge in [0.2, 0.25) is 0 Å². The van der Waals surface area contributed by atoms with Gasteiger partial charge >= 0.3 is 5.97 Å². The molecule has 0 aromatic rings. The Morgan fingerprint density at radius 3 is 2.44 bits per heavy atom. The zero-order chi connectivity index (χ0) is 7.02. The summed E-state index contributed by atoms with van der Waals surface area (Å²) in [5.74, 6) is -0.0782. The average Bonchev–Trinajstić information content (AvgIpc) is 1.81. The summed E-state index contributed by atoms with van der Waals surface area (Å²) >= 11 is 0. The third kappa shape index (κ3) is 0.846. The molecule has 0 aliphatic carbocycles. The fourth-order valence-corrected chi connectivity index (χ4v) is 0.913. The maximum Gasteiger partial charge on any atom is 0.313 e. The van der Waals surface area contributed by atoms with Gasteiger partial charge in [0.25, 0.3) is 0 Å². The molecule has 50 valence electrons. The van der Waals surface area contributed by atoms with E-state index in [1.807, 2.05) is 13.8 Å². The third-order valence-corrected chi connectivity index (χ3v) is 1.55. The van der Waals surface area contributed by atoms with E-state index in [1.54, 1.807) is 0 Å². The van der Waals surface area contributed by atoms with Crippen molar-refractivity contribution in [1.82, 2.24) is 0 Å². The van der Waals surface area contributed by atoms with Crippen LogP contribution in [0.2, 0.25) is 0 Å². The van der Waals surface area contributed by atoms with Crippen LogP contribution >= 0.6 is 0 Å². The Bertz CT molecular complexity index is 160. The first-order valence-corrected chi connectivity index (χ1v) is 2.99.